The first-order chi connectivity index (χ1) is 6.27. The molecule has 0 spiro atoms. The van der Waals surface area contributed by atoms with E-state index in [1.807, 2.05) is 4.81 Å². The van der Waals surface area contributed by atoms with Gasteiger partial charge in [-0.15, -0.1) is 0 Å². The first kappa shape index (κ1) is 8.89. The van der Waals surface area contributed by atoms with E-state index in [1.54, 1.807) is 4.68 Å². The molecule has 1 aromatic heterocycles. The molecular formula is C6H10BN5S. The third-order valence-corrected chi connectivity index (χ3v) is 2.65. The van der Waals surface area contributed by atoms with Crippen LogP contribution in [0.3, 0.4) is 0 Å². The Labute approximate surface area is 82.5 Å². The molecule has 1 N–H and O–H groups in total. The zero-order valence-electron chi connectivity index (χ0n) is 7.18. The third kappa shape index (κ3) is 1.81. The van der Waals surface area contributed by atoms with Crippen LogP contribution in [0.2, 0.25) is 0 Å². The monoisotopic (exact) mass is 195 g/mol. The summed E-state index contributed by atoms with van der Waals surface area (Å²) in [6.45, 7) is 1.71. The summed E-state index contributed by atoms with van der Waals surface area (Å²) >= 11 is 4.96. The smallest absolute Gasteiger partial charge is 0.238 e. The average Bonchev–Trinajstić information content (AvgIpc) is 2.65. The Bertz CT molecular complexity index is 334. The van der Waals surface area contributed by atoms with E-state index in [9.17, 15) is 0 Å². The second-order valence-corrected chi connectivity index (χ2v) is 3.59. The molecule has 68 valence electrons. The lowest BCUT2D eigenvalue weighted by Crippen LogP contribution is -2.31. The molecule has 0 aromatic carbocycles. The number of hydrogen-bond donors (Lipinski definition) is 1. The molecule has 13 heavy (non-hydrogen) atoms. The standard InChI is InChI=1S/C6H10BN5S/c7-11-3-1-2-5(11)4-12-6(13)8-9-10-12/h5H,1-4H2,(H,8,10,13). The van der Waals surface area contributed by atoms with E-state index >= 15 is 0 Å². The summed E-state index contributed by atoms with van der Waals surface area (Å²) in [5.74, 6) is 0. The summed E-state index contributed by atoms with van der Waals surface area (Å²) in [4.78, 5) is 1.85. The lowest BCUT2D eigenvalue weighted by Gasteiger charge is -2.19. The first-order valence-corrected chi connectivity index (χ1v) is 4.67. The predicted molar refractivity (Wildman–Crippen MR) is 50.7 cm³/mol. The van der Waals surface area contributed by atoms with Crippen LogP contribution >= 0.6 is 12.2 Å². The van der Waals surface area contributed by atoms with Crippen LogP contribution in [0.25, 0.3) is 0 Å². The topological polar surface area (TPSA) is 49.7 Å². The summed E-state index contributed by atoms with van der Waals surface area (Å²) in [7, 11) is 5.78. The van der Waals surface area contributed by atoms with Crippen molar-refractivity contribution in [3.63, 3.8) is 0 Å². The second kappa shape index (κ2) is 3.59. The Hall–Kier alpha value is -0.685. The Morgan fingerprint density at radius 3 is 3.08 bits per heavy atom. The van der Waals surface area contributed by atoms with E-state index in [4.69, 9.17) is 20.2 Å². The van der Waals surface area contributed by atoms with Crippen molar-refractivity contribution < 1.29 is 0 Å². The molecule has 2 heterocycles. The Kier molecular flexibility index (Phi) is 2.46. The molecule has 2 rings (SSSR count). The number of nitrogens with one attached hydrogen (secondary N) is 1. The van der Waals surface area contributed by atoms with E-state index in [0.29, 0.717) is 10.8 Å². The normalized spacial score (nSPS) is 23.8. The minimum absolute atomic E-state index is 0.356. The fourth-order valence-electron chi connectivity index (χ4n) is 1.60. The van der Waals surface area contributed by atoms with E-state index in [-0.39, 0.29) is 0 Å². The van der Waals surface area contributed by atoms with Crippen LogP contribution in [0, 0.1) is 4.77 Å². The molecule has 1 aliphatic rings. The van der Waals surface area contributed by atoms with Gasteiger partial charge in [0, 0.05) is 6.04 Å². The highest BCUT2D eigenvalue weighted by molar-refractivity contribution is 7.71. The molecule has 1 aliphatic heterocycles. The van der Waals surface area contributed by atoms with Crippen molar-refractivity contribution in [1.29, 1.82) is 0 Å². The maximum Gasteiger partial charge on any atom is 0.238 e. The number of rotatable bonds is 2. The van der Waals surface area contributed by atoms with Crippen LogP contribution in [0.15, 0.2) is 0 Å². The highest BCUT2D eigenvalue weighted by Crippen LogP contribution is 2.15. The molecule has 1 fully saturated rings. The summed E-state index contributed by atoms with van der Waals surface area (Å²) in [6.07, 6.45) is 2.26. The molecule has 1 atom stereocenters. The van der Waals surface area contributed by atoms with Crippen LogP contribution in [0.1, 0.15) is 12.8 Å². The van der Waals surface area contributed by atoms with Crippen LogP contribution in [0.4, 0.5) is 0 Å². The number of aromatic nitrogens is 4. The van der Waals surface area contributed by atoms with Gasteiger partial charge >= 0.3 is 0 Å². The van der Waals surface area contributed by atoms with Gasteiger partial charge < -0.3 is 4.81 Å². The zero-order valence-corrected chi connectivity index (χ0v) is 8.00. The number of aromatic amines is 1. The van der Waals surface area contributed by atoms with Crippen molar-refractivity contribution in [3.05, 3.63) is 4.77 Å². The molecule has 1 unspecified atom stereocenters. The highest BCUT2D eigenvalue weighted by Gasteiger charge is 2.20. The lowest BCUT2D eigenvalue weighted by molar-refractivity contribution is 0.354. The van der Waals surface area contributed by atoms with Gasteiger partial charge in [-0.2, -0.15) is 5.21 Å². The molecule has 0 saturated carbocycles. The molecule has 7 heteroatoms. The van der Waals surface area contributed by atoms with Gasteiger partial charge in [0.2, 0.25) is 4.77 Å². The summed E-state index contributed by atoms with van der Waals surface area (Å²) in [6, 6.07) is 0.356. The number of nitrogens with zero attached hydrogens (tertiary/aromatic N) is 4. The van der Waals surface area contributed by atoms with E-state index in [0.717, 1.165) is 25.9 Å². The molecule has 0 aliphatic carbocycles. The minimum Gasteiger partial charge on any atom is -0.349 e. The Balaban J connectivity index is 2.06. The Morgan fingerprint density at radius 1 is 1.69 bits per heavy atom. The molecular weight excluding hydrogens is 185 g/mol. The average molecular weight is 195 g/mol. The summed E-state index contributed by atoms with van der Waals surface area (Å²) < 4.78 is 2.23. The van der Waals surface area contributed by atoms with Crippen molar-refractivity contribution in [2.75, 3.05) is 6.54 Å². The molecule has 5 nitrogen and oxygen atoms in total. The maximum absolute atomic E-state index is 5.78. The molecule has 1 aromatic rings. The highest BCUT2D eigenvalue weighted by atomic mass is 32.1. The van der Waals surface area contributed by atoms with Crippen LogP contribution < -0.4 is 0 Å². The summed E-state index contributed by atoms with van der Waals surface area (Å²) in [5, 5.41) is 10.0. The quantitative estimate of drug-likeness (QED) is 0.528. The van der Waals surface area contributed by atoms with E-state index < -0.39 is 0 Å². The predicted octanol–water partition coefficient (Wildman–Crippen LogP) is -0.116. The fourth-order valence-corrected chi connectivity index (χ4v) is 1.76. The van der Waals surface area contributed by atoms with Crippen LogP contribution in [-0.2, 0) is 6.54 Å². The van der Waals surface area contributed by atoms with Gasteiger partial charge in [-0.3, -0.25) is 0 Å². The van der Waals surface area contributed by atoms with Gasteiger partial charge in [-0.1, -0.05) is 10.3 Å². The van der Waals surface area contributed by atoms with Crippen molar-refractivity contribution in [2.45, 2.75) is 25.4 Å². The second-order valence-electron chi connectivity index (χ2n) is 3.23. The lowest BCUT2D eigenvalue weighted by atomic mass is 10.2. The van der Waals surface area contributed by atoms with Crippen molar-refractivity contribution in [3.8, 4) is 0 Å². The van der Waals surface area contributed by atoms with Crippen LogP contribution in [0.5, 0.6) is 0 Å². The van der Waals surface area contributed by atoms with Crippen molar-refractivity contribution in [2.24, 2.45) is 0 Å². The molecule has 0 bridgehead atoms. The third-order valence-electron chi connectivity index (χ3n) is 2.35. The van der Waals surface area contributed by atoms with Gasteiger partial charge in [-0.05, 0) is 31.6 Å². The van der Waals surface area contributed by atoms with E-state index in [2.05, 4.69) is 15.5 Å². The SMILES string of the molecule is [B]N1CCCC1Cn1[nH]nnc1=S. The largest absolute Gasteiger partial charge is 0.349 e. The number of tetrazole rings is 1. The fraction of sp³-hybridized carbons (Fsp3) is 0.833. The van der Waals surface area contributed by atoms with E-state index in [1.165, 1.54) is 0 Å². The minimum atomic E-state index is 0.356. The van der Waals surface area contributed by atoms with Gasteiger partial charge in [0.15, 0.2) is 7.98 Å². The number of H-pyrrole nitrogens is 1. The Morgan fingerprint density at radius 2 is 2.54 bits per heavy atom. The van der Waals surface area contributed by atoms with Gasteiger partial charge in [-0.25, -0.2) is 4.68 Å². The van der Waals surface area contributed by atoms with Gasteiger partial charge in [0.1, 0.15) is 0 Å². The molecule has 2 radical (unpaired) electrons. The van der Waals surface area contributed by atoms with Gasteiger partial charge in [0.25, 0.3) is 0 Å². The van der Waals surface area contributed by atoms with Crippen molar-refractivity contribution in [1.82, 2.24) is 25.0 Å². The van der Waals surface area contributed by atoms with Crippen LogP contribution in [-0.4, -0.2) is 45.6 Å². The zero-order chi connectivity index (χ0) is 9.26. The van der Waals surface area contributed by atoms with Gasteiger partial charge in [0.05, 0.1) is 6.54 Å². The van der Waals surface area contributed by atoms with Crippen molar-refractivity contribution >= 4 is 20.2 Å². The molecule has 0 amide bonds. The first-order valence-electron chi connectivity index (χ1n) is 4.26. The maximum atomic E-state index is 5.78. The molecule has 1 saturated heterocycles. The number of hydrogen-bond acceptors (Lipinski definition) is 4. The summed E-state index contributed by atoms with van der Waals surface area (Å²) in [5.41, 5.74) is 0.